The average Bonchev–Trinajstić information content (AvgIpc) is 3.02. The number of hydrogen-bond donors (Lipinski definition) is 14. The van der Waals surface area contributed by atoms with Crippen molar-refractivity contribution >= 4 is 0 Å². The largest absolute Gasteiger partial charge is 0.394 e. The smallest absolute Gasteiger partial charge is 0.187 e. The number of rotatable bonds is 10. The molecule has 4 saturated heterocycles. The van der Waals surface area contributed by atoms with E-state index in [4.69, 9.17) is 33.2 Å². The maximum absolute atomic E-state index is 11.0. The van der Waals surface area contributed by atoms with Crippen LogP contribution in [-0.4, -0.2) is 221 Å². The fraction of sp³-hybridized carbons (Fsp3) is 1.00. The summed E-state index contributed by atoms with van der Waals surface area (Å²) in [6.45, 7) is -3.14. The van der Waals surface area contributed by atoms with E-state index < -0.39 is 149 Å². The summed E-state index contributed by atoms with van der Waals surface area (Å²) in [4.78, 5) is 0. The molecule has 0 bridgehead atoms. The van der Waals surface area contributed by atoms with Crippen LogP contribution in [0.4, 0.5) is 0 Å². The van der Waals surface area contributed by atoms with Gasteiger partial charge in [-0.3, -0.25) is 0 Å². The van der Waals surface area contributed by atoms with Crippen molar-refractivity contribution in [1.82, 2.24) is 0 Å². The molecule has 4 fully saturated rings. The van der Waals surface area contributed by atoms with Gasteiger partial charge < -0.3 is 105 Å². The van der Waals surface area contributed by atoms with Gasteiger partial charge in [-0.1, -0.05) is 0 Å². The van der Waals surface area contributed by atoms with E-state index >= 15 is 0 Å². The van der Waals surface area contributed by atoms with Crippen molar-refractivity contribution in [3.8, 4) is 0 Å². The lowest BCUT2D eigenvalue weighted by atomic mass is 9.96. The number of aliphatic hydroxyl groups excluding tert-OH is 14. The Bertz CT molecular complexity index is 914. The first-order valence-corrected chi connectivity index (χ1v) is 14.1. The summed E-state index contributed by atoms with van der Waals surface area (Å²) >= 11 is 0. The molecule has 0 aliphatic carbocycles. The van der Waals surface area contributed by atoms with Crippen LogP contribution >= 0.6 is 0 Å². The third kappa shape index (κ3) is 7.59. The molecule has 1 unspecified atom stereocenters. The van der Waals surface area contributed by atoms with Gasteiger partial charge >= 0.3 is 0 Å². The van der Waals surface area contributed by atoms with Gasteiger partial charge in [0.1, 0.15) is 97.7 Å². The van der Waals surface area contributed by atoms with E-state index in [0.717, 1.165) is 0 Å². The average molecular weight is 667 g/mol. The van der Waals surface area contributed by atoms with E-state index in [2.05, 4.69) is 0 Å². The van der Waals surface area contributed by atoms with Crippen LogP contribution in [0.25, 0.3) is 0 Å². The van der Waals surface area contributed by atoms with Gasteiger partial charge in [0.05, 0.1) is 26.4 Å². The van der Waals surface area contributed by atoms with Crippen LogP contribution in [-0.2, 0) is 33.2 Å². The molecule has 0 aromatic carbocycles. The zero-order chi connectivity index (χ0) is 33.3. The summed E-state index contributed by atoms with van der Waals surface area (Å²) in [5.74, 6) is 0. The monoisotopic (exact) mass is 666 g/mol. The lowest BCUT2D eigenvalue weighted by molar-refractivity contribution is -0.381. The van der Waals surface area contributed by atoms with E-state index in [1.807, 2.05) is 0 Å². The van der Waals surface area contributed by atoms with Crippen molar-refractivity contribution in [1.29, 1.82) is 0 Å². The van der Waals surface area contributed by atoms with Gasteiger partial charge in [0.2, 0.25) is 0 Å². The summed E-state index contributed by atoms with van der Waals surface area (Å²) in [6, 6.07) is 0. The maximum atomic E-state index is 11.0. The minimum absolute atomic E-state index is 0.692. The molecule has 4 aliphatic heterocycles. The van der Waals surface area contributed by atoms with E-state index in [-0.39, 0.29) is 0 Å². The summed E-state index contributed by atoms with van der Waals surface area (Å²) in [5.41, 5.74) is 0. The Balaban J connectivity index is 1.45. The van der Waals surface area contributed by atoms with Crippen molar-refractivity contribution in [2.45, 2.75) is 123 Å². The Morgan fingerprint density at radius 3 is 1.29 bits per heavy atom. The molecule has 20 atom stereocenters. The Kier molecular flexibility index (Phi) is 12.8. The second-order valence-electron chi connectivity index (χ2n) is 11.2. The second kappa shape index (κ2) is 15.6. The zero-order valence-electron chi connectivity index (χ0n) is 23.5. The molecule has 0 aromatic heterocycles. The molecule has 4 aliphatic rings. The van der Waals surface area contributed by atoms with E-state index in [9.17, 15) is 71.5 Å². The molecule has 14 N–H and O–H groups in total. The van der Waals surface area contributed by atoms with Gasteiger partial charge in [-0.05, 0) is 0 Å². The van der Waals surface area contributed by atoms with Gasteiger partial charge in [-0.15, -0.1) is 0 Å². The number of hydrogen-bond acceptors (Lipinski definition) is 21. The van der Waals surface area contributed by atoms with Crippen LogP contribution in [0.2, 0.25) is 0 Å². The van der Waals surface area contributed by atoms with Crippen LogP contribution < -0.4 is 0 Å². The van der Waals surface area contributed by atoms with Crippen LogP contribution in [0.15, 0.2) is 0 Å². The van der Waals surface area contributed by atoms with Crippen LogP contribution in [0.5, 0.6) is 0 Å². The van der Waals surface area contributed by atoms with Crippen molar-refractivity contribution in [2.75, 3.05) is 26.4 Å². The van der Waals surface area contributed by atoms with Crippen molar-refractivity contribution in [2.24, 2.45) is 0 Å². The molecule has 45 heavy (non-hydrogen) atoms. The first-order chi connectivity index (χ1) is 21.2. The zero-order valence-corrected chi connectivity index (χ0v) is 23.5. The quantitative estimate of drug-likeness (QED) is 0.103. The van der Waals surface area contributed by atoms with Crippen LogP contribution in [0.3, 0.4) is 0 Å². The molecular weight excluding hydrogens is 624 g/mol. The molecule has 0 amide bonds. The normalized spacial score (nSPS) is 52.9. The van der Waals surface area contributed by atoms with Gasteiger partial charge in [0.25, 0.3) is 0 Å². The van der Waals surface area contributed by atoms with Gasteiger partial charge in [0, 0.05) is 0 Å². The lowest BCUT2D eigenvalue weighted by Crippen LogP contribution is -2.67. The Labute approximate surface area is 254 Å². The number of aliphatic hydroxyl groups is 14. The summed E-state index contributed by atoms with van der Waals surface area (Å²) in [7, 11) is 0. The van der Waals surface area contributed by atoms with Crippen molar-refractivity contribution < 1.29 is 105 Å². The van der Waals surface area contributed by atoms with E-state index in [1.54, 1.807) is 0 Å². The first-order valence-electron chi connectivity index (χ1n) is 14.1. The molecule has 0 saturated carbocycles. The minimum atomic E-state index is -2.04. The minimum Gasteiger partial charge on any atom is -0.394 e. The topological polar surface area (TPSA) is 348 Å². The summed E-state index contributed by atoms with van der Waals surface area (Å²) in [5, 5.41) is 142. The molecule has 4 heterocycles. The van der Waals surface area contributed by atoms with E-state index in [1.165, 1.54) is 0 Å². The highest BCUT2D eigenvalue weighted by atomic mass is 16.8. The Morgan fingerprint density at radius 2 is 0.778 bits per heavy atom. The molecule has 0 radical (unpaired) electrons. The van der Waals surface area contributed by atoms with E-state index in [0.29, 0.717) is 0 Å². The van der Waals surface area contributed by atoms with Crippen LogP contribution in [0, 0.1) is 0 Å². The molecule has 4 rings (SSSR count). The Morgan fingerprint density at radius 1 is 0.378 bits per heavy atom. The van der Waals surface area contributed by atoms with Crippen molar-refractivity contribution in [3.05, 3.63) is 0 Å². The van der Waals surface area contributed by atoms with Gasteiger partial charge in [0.15, 0.2) is 25.2 Å². The third-order valence-corrected chi connectivity index (χ3v) is 8.19. The standard InChI is InChI=1S/C24H42O21/c25-1-5-9(28)13(32)15(34)22(41-5)39-4-8-12(31)19(17(36)21(38)40-8)44-24-18(37)20(11(30)7(3-27)43-24)45-23-16(35)14(33)10(29)6(2-26)42-23/h5-38H,1-4H2/t5-,6-,7-,8-,9-,10-,11-,12-,13+,14+,15-,16-,17-,18-,19+,20+,21?,22-,23+,24+/m1/s1. The Hall–Kier alpha value is -0.840. The SMILES string of the molecule is OC[C@H]1O[C@@H](OC[C@H]2OC(O)[C@H](O)[C@@H](O[C@@H]3O[C@H](CO)[C@@H](O)[C@H](O[C@@H]4O[C@H](CO)[C@@H](O)[C@H](O)[C@H]4O)[C@H]3O)[C@@H]2O)[C@H](O)[C@@H](O)[C@@H]1O. The maximum Gasteiger partial charge on any atom is 0.187 e. The highest BCUT2D eigenvalue weighted by Gasteiger charge is 2.54. The van der Waals surface area contributed by atoms with Crippen LogP contribution in [0.1, 0.15) is 0 Å². The number of ether oxygens (including phenoxy) is 7. The molecule has 21 heteroatoms. The fourth-order valence-corrected chi connectivity index (χ4v) is 5.43. The van der Waals surface area contributed by atoms with Crippen molar-refractivity contribution in [3.63, 3.8) is 0 Å². The third-order valence-electron chi connectivity index (χ3n) is 8.19. The predicted molar refractivity (Wildman–Crippen MR) is 134 cm³/mol. The molecule has 0 spiro atoms. The summed E-state index contributed by atoms with van der Waals surface area (Å²) in [6.07, 6.45) is -35.4. The second-order valence-corrected chi connectivity index (χ2v) is 11.2. The first kappa shape index (κ1) is 37.0. The molecule has 264 valence electrons. The highest BCUT2D eigenvalue weighted by molar-refractivity contribution is 4.97. The molecule has 21 nitrogen and oxygen atoms in total. The van der Waals surface area contributed by atoms with Gasteiger partial charge in [-0.25, -0.2) is 0 Å². The highest BCUT2D eigenvalue weighted by Crippen LogP contribution is 2.33. The molecule has 0 aromatic rings. The van der Waals surface area contributed by atoms with Gasteiger partial charge in [-0.2, -0.15) is 0 Å². The summed E-state index contributed by atoms with van der Waals surface area (Å²) < 4.78 is 37.4. The lowest BCUT2D eigenvalue weighted by Gasteiger charge is -2.48. The fourth-order valence-electron chi connectivity index (χ4n) is 5.43. The molecular formula is C24H42O21. The predicted octanol–water partition coefficient (Wildman–Crippen LogP) is -9.75.